The summed E-state index contributed by atoms with van der Waals surface area (Å²) < 4.78 is 31.4. The molecule has 2 aromatic carbocycles. The van der Waals surface area contributed by atoms with Gasteiger partial charge in [-0.3, -0.25) is 4.98 Å². The van der Waals surface area contributed by atoms with Gasteiger partial charge in [0.05, 0.1) is 10.9 Å². The Bertz CT molecular complexity index is 1690. The van der Waals surface area contributed by atoms with Crippen LogP contribution in [-0.4, -0.2) is 58.3 Å². The van der Waals surface area contributed by atoms with Gasteiger partial charge in [-0.1, -0.05) is 12.0 Å². The SMILES string of the molecule is C#Cc1c(F)ccc2cc(O)cc(-c3ncc4c(N5CCCCC5)nc(N5CCC6(CCCN6)C5)nc4c3F)c12. The largest absolute Gasteiger partial charge is 0.508 e. The lowest BCUT2D eigenvalue weighted by Crippen LogP contribution is -2.42. The number of aromatic hydroxyl groups is 1. The molecule has 204 valence electrons. The number of fused-ring (bicyclic) bond motifs is 2. The molecule has 0 bridgehead atoms. The fourth-order valence-electron chi connectivity index (χ4n) is 6.72. The van der Waals surface area contributed by atoms with Gasteiger partial charge in [-0.25, -0.2) is 13.8 Å². The summed E-state index contributed by atoms with van der Waals surface area (Å²) in [6.45, 7) is 4.25. The Balaban J connectivity index is 1.44. The number of pyridine rings is 1. The van der Waals surface area contributed by atoms with Crippen molar-refractivity contribution < 1.29 is 13.9 Å². The van der Waals surface area contributed by atoms with Gasteiger partial charge in [0.25, 0.3) is 0 Å². The second-order valence-electron chi connectivity index (χ2n) is 11.2. The van der Waals surface area contributed by atoms with E-state index in [9.17, 15) is 9.50 Å². The Morgan fingerprint density at radius 1 is 1.00 bits per heavy atom. The molecule has 3 fully saturated rings. The number of nitrogens with one attached hydrogen (secondary N) is 1. The second-order valence-corrected chi connectivity index (χ2v) is 11.2. The molecule has 3 aliphatic heterocycles. The first-order valence-electron chi connectivity index (χ1n) is 14.0. The van der Waals surface area contributed by atoms with Crippen LogP contribution in [0.15, 0.2) is 30.5 Å². The third-order valence-corrected chi connectivity index (χ3v) is 8.73. The number of piperidine rings is 1. The number of aromatic nitrogens is 3. The summed E-state index contributed by atoms with van der Waals surface area (Å²) >= 11 is 0. The Kier molecular flexibility index (Phi) is 5.97. The molecule has 4 aromatic rings. The molecule has 3 saturated heterocycles. The molecule has 1 atom stereocenters. The maximum atomic E-state index is 16.6. The van der Waals surface area contributed by atoms with Crippen LogP contribution >= 0.6 is 0 Å². The van der Waals surface area contributed by atoms with Crippen molar-refractivity contribution in [3.63, 3.8) is 0 Å². The van der Waals surface area contributed by atoms with E-state index in [1.807, 2.05) is 0 Å². The molecule has 0 radical (unpaired) electrons. The average Bonchev–Trinajstić information content (AvgIpc) is 3.62. The third-order valence-electron chi connectivity index (χ3n) is 8.73. The zero-order valence-electron chi connectivity index (χ0n) is 22.2. The Hall–Kier alpha value is -4.03. The molecule has 0 saturated carbocycles. The standard InChI is InChI=1S/C31H30F2N6O/c1-2-21-24(32)8-7-19-15-20(40)16-22(25(19)21)27-26(33)28-23(17-34-27)29(38-12-4-3-5-13-38)37-30(36-28)39-14-10-31(18-39)9-6-11-35-31/h1,7-8,15-17,35,40H,3-6,9-14,18H2. The molecule has 1 spiro atoms. The van der Waals surface area contributed by atoms with Gasteiger partial charge in [0.1, 0.15) is 28.6 Å². The number of hydrogen-bond donors (Lipinski definition) is 2. The van der Waals surface area contributed by atoms with E-state index in [0.29, 0.717) is 27.9 Å². The smallest absolute Gasteiger partial charge is 0.228 e. The van der Waals surface area contributed by atoms with E-state index in [-0.39, 0.29) is 33.6 Å². The first-order chi connectivity index (χ1) is 19.5. The van der Waals surface area contributed by atoms with Crippen LogP contribution in [-0.2, 0) is 0 Å². The minimum atomic E-state index is -0.647. The van der Waals surface area contributed by atoms with Crippen LogP contribution < -0.4 is 15.1 Å². The highest BCUT2D eigenvalue weighted by molar-refractivity contribution is 6.03. The summed E-state index contributed by atoms with van der Waals surface area (Å²) in [5.41, 5.74) is 0.391. The first kappa shape index (κ1) is 25.0. The molecular weight excluding hydrogens is 510 g/mol. The molecule has 5 heterocycles. The van der Waals surface area contributed by atoms with Gasteiger partial charge in [-0.2, -0.15) is 4.98 Å². The maximum absolute atomic E-state index is 16.6. The van der Waals surface area contributed by atoms with Gasteiger partial charge in [-0.05, 0) is 68.7 Å². The van der Waals surface area contributed by atoms with Crippen LogP contribution in [0.4, 0.5) is 20.5 Å². The number of nitrogens with zero attached hydrogens (tertiary/aromatic N) is 5. The molecule has 0 amide bonds. The first-order valence-corrected chi connectivity index (χ1v) is 14.0. The van der Waals surface area contributed by atoms with Crippen molar-refractivity contribution in [2.45, 2.75) is 44.1 Å². The molecule has 7 nitrogen and oxygen atoms in total. The minimum absolute atomic E-state index is 0.00222. The van der Waals surface area contributed by atoms with Crippen molar-refractivity contribution in [1.82, 2.24) is 20.3 Å². The summed E-state index contributed by atoms with van der Waals surface area (Å²) in [7, 11) is 0. The second kappa shape index (κ2) is 9.56. The van der Waals surface area contributed by atoms with Gasteiger partial charge in [0.15, 0.2) is 5.82 Å². The fraction of sp³-hybridized carbons (Fsp3) is 0.387. The Labute approximate surface area is 231 Å². The lowest BCUT2D eigenvalue weighted by Gasteiger charge is -2.30. The Morgan fingerprint density at radius 2 is 1.85 bits per heavy atom. The van der Waals surface area contributed by atoms with Crippen LogP contribution in [0, 0.1) is 24.0 Å². The van der Waals surface area contributed by atoms with E-state index < -0.39 is 11.6 Å². The highest BCUT2D eigenvalue weighted by Gasteiger charge is 2.41. The molecule has 3 aliphatic rings. The van der Waals surface area contributed by atoms with Gasteiger partial charge < -0.3 is 20.2 Å². The maximum Gasteiger partial charge on any atom is 0.228 e. The molecule has 1 unspecified atom stereocenters. The van der Waals surface area contributed by atoms with Crippen molar-refractivity contribution in [2.75, 3.05) is 42.5 Å². The average molecular weight is 541 g/mol. The summed E-state index contributed by atoms with van der Waals surface area (Å²) in [5.74, 6) is 2.25. The van der Waals surface area contributed by atoms with Gasteiger partial charge >= 0.3 is 0 Å². The normalized spacial score (nSPS) is 21.1. The number of terminal acetylenes is 1. The summed E-state index contributed by atoms with van der Waals surface area (Å²) in [4.78, 5) is 18.6. The number of phenols is 1. The topological polar surface area (TPSA) is 77.4 Å². The van der Waals surface area contributed by atoms with Crippen LogP contribution in [0.2, 0.25) is 0 Å². The predicted molar refractivity (Wildman–Crippen MR) is 153 cm³/mol. The van der Waals surface area contributed by atoms with E-state index in [2.05, 4.69) is 26.0 Å². The van der Waals surface area contributed by atoms with Crippen LogP contribution in [0.5, 0.6) is 5.75 Å². The van der Waals surface area contributed by atoms with Gasteiger partial charge in [0, 0.05) is 48.9 Å². The van der Waals surface area contributed by atoms with Crippen LogP contribution in [0.3, 0.4) is 0 Å². The molecule has 40 heavy (non-hydrogen) atoms. The van der Waals surface area contributed by atoms with E-state index >= 15 is 4.39 Å². The number of hydrogen-bond acceptors (Lipinski definition) is 7. The third kappa shape index (κ3) is 4.01. The highest BCUT2D eigenvalue weighted by atomic mass is 19.1. The van der Waals surface area contributed by atoms with Crippen LogP contribution in [0.1, 0.15) is 44.1 Å². The number of halogens is 2. The van der Waals surface area contributed by atoms with E-state index in [4.69, 9.17) is 16.4 Å². The number of anilines is 2. The summed E-state index contributed by atoms with van der Waals surface area (Å²) in [6.07, 6.45) is 13.8. The number of rotatable bonds is 3. The van der Waals surface area contributed by atoms with E-state index in [1.54, 1.807) is 6.20 Å². The molecule has 0 aliphatic carbocycles. The van der Waals surface area contributed by atoms with Crippen LogP contribution in [0.25, 0.3) is 32.9 Å². The van der Waals surface area contributed by atoms with Crippen molar-refractivity contribution in [3.8, 4) is 29.4 Å². The Morgan fingerprint density at radius 3 is 2.62 bits per heavy atom. The molecule has 2 N–H and O–H groups in total. The molecule has 2 aromatic heterocycles. The predicted octanol–water partition coefficient (Wildman–Crippen LogP) is 5.13. The molecule has 9 heteroatoms. The fourth-order valence-corrected chi connectivity index (χ4v) is 6.72. The van der Waals surface area contributed by atoms with E-state index in [0.717, 1.165) is 71.2 Å². The minimum Gasteiger partial charge on any atom is -0.508 e. The van der Waals surface area contributed by atoms with Crippen molar-refractivity contribution in [1.29, 1.82) is 0 Å². The molecule has 7 rings (SSSR count). The van der Waals surface area contributed by atoms with Crippen molar-refractivity contribution in [2.24, 2.45) is 0 Å². The highest BCUT2D eigenvalue weighted by Crippen LogP contribution is 2.40. The summed E-state index contributed by atoms with van der Waals surface area (Å²) in [5, 5.41) is 15.5. The van der Waals surface area contributed by atoms with Gasteiger partial charge in [0.2, 0.25) is 5.95 Å². The quantitative estimate of drug-likeness (QED) is 0.349. The number of benzene rings is 2. The molecular formula is C31H30F2N6O. The zero-order chi connectivity index (χ0) is 27.4. The zero-order valence-corrected chi connectivity index (χ0v) is 22.2. The van der Waals surface area contributed by atoms with Crippen molar-refractivity contribution >= 4 is 33.4 Å². The lowest BCUT2D eigenvalue weighted by molar-refractivity contribution is 0.418. The number of phenolic OH excluding ortho intramolecular Hbond substituents is 1. The monoisotopic (exact) mass is 540 g/mol. The summed E-state index contributed by atoms with van der Waals surface area (Å²) in [6, 6.07) is 5.62. The van der Waals surface area contributed by atoms with Gasteiger partial charge in [-0.15, -0.1) is 6.42 Å². The lowest BCUT2D eigenvalue weighted by atomic mass is 9.96. The van der Waals surface area contributed by atoms with E-state index in [1.165, 1.54) is 24.3 Å². The van der Waals surface area contributed by atoms with Crippen molar-refractivity contribution in [3.05, 3.63) is 47.7 Å².